The van der Waals surface area contributed by atoms with Crippen LogP contribution in [0.3, 0.4) is 0 Å². The zero-order valence-electron chi connectivity index (χ0n) is 10.8. The van der Waals surface area contributed by atoms with Crippen molar-refractivity contribution in [3.63, 3.8) is 0 Å². The number of benzene rings is 1. The van der Waals surface area contributed by atoms with Crippen molar-refractivity contribution in [2.45, 2.75) is 24.8 Å². The van der Waals surface area contributed by atoms with Crippen LogP contribution in [0.4, 0.5) is 0 Å². The van der Waals surface area contributed by atoms with Gasteiger partial charge in [0, 0.05) is 13.1 Å². The van der Waals surface area contributed by atoms with E-state index in [0.29, 0.717) is 12.5 Å². The molecule has 1 heterocycles. The number of rotatable bonds is 4. The van der Waals surface area contributed by atoms with Gasteiger partial charge in [0.15, 0.2) is 0 Å². The van der Waals surface area contributed by atoms with Crippen molar-refractivity contribution in [2.24, 2.45) is 11.5 Å². The van der Waals surface area contributed by atoms with Gasteiger partial charge in [-0.1, -0.05) is 30.3 Å². The molecule has 1 saturated heterocycles. The van der Waals surface area contributed by atoms with Crippen LogP contribution in [-0.2, 0) is 4.79 Å². The molecule has 0 spiro atoms. The highest BCUT2D eigenvalue weighted by Gasteiger charge is 2.32. The monoisotopic (exact) mass is 247 g/mol. The Morgan fingerprint density at radius 1 is 1.44 bits per heavy atom. The van der Waals surface area contributed by atoms with Crippen LogP contribution in [-0.4, -0.2) is 36.0 Å². The van der Waals surface area contributed by atoms with E-state index in [0.717, 1.165) is 19.5 Å². The van der Waals surface area contributed by atoms with E-state index in [2.05, 4.69) is 29.2 Å². The summed E-state index contributed by atoms with van der Waals surface area (Å²) < 4.78 is 0. The van der Waals surface area contributed by atoms with Crippen molar-refractivity contribution in [1.82, 2.24) is 4.90 Å². The van der Waals surface area contributed by atoms with E-state index in [9.17, 15) is 4.79 Å². The van der Waals surface area contributed by atoms with Crippen LogP contribution >= 0.6 is 0 Å². The predicted octanol–water partition coefficient (Wildman–Crippen LogP) is 0.679. The molecule has 1 aliphatic heterocycles. The lowest BCUT2D eigenvalue weighted by Crippen LogP contribution is -2.56. The highest BCUT2D eigenvalue weighted by Crippen LogP contribution is 2.27. The Morgan fingerprint density at radius 2 is 2.11 bits per heavy atom. The van der Waals surface area contributed by atoms with Gasteiger partial charge in [-0.25, -0.2) is 0 Å². The van der Waals surface area contributed by atoms with E-state index in [4.69, 9.17) is 11.5 Å². The van der Waals surface area contributed by atoms with E-state index >= 15 is 0 Å². The number of hydrogen-bond donors (Lipinski definition) is 2. The standard InChI is InChI=1S/C14H21N3O/c1-14(16,13(15)18)10-17-8-7-12(9-17)11-5-3-2-4-6-11/h2-6,12H,7-10,16H2,1H3,(H2,15,18). The van der Waals surface area contributed by atoms with Crippen LogP contribution in [0.1, 0.15) is 24.8 Å². The summed E-state index contributed by atoms with van der Waals surface area (Å²) in [6, 6.07) is 10.5. The first-order valence-electron chi connectivity index (χ1n) is 6.35. The SMILES string of the molecule is CC(N)(CN1CCC(c2ccccc2)C1)C(N)=O. The fourth-order valence-corrected chi connectivity index (χ4v) is 2.52. The molecule has 1 amide bonds. The molecule has 2 unspecified atom stereocenters. The predicted molar refractivity (Wildman–Crippen MR) is 72.0 cm³/mol. The summed E-state index contributed by atoms with van der Waals surface area (Å²) in [5, 5.41) is 0. The fraction of sp³-hybridized carbons (Fsp3) is 0.500. The third-order valence-electron chi connectivity index (χ3n) is 3.66. The van der Waals surface area contributed by atoms with Gasteiger partial charge in [0.2, 0.25) is 5.91 Å². The van der Waals surface area contributed by atoms with Crippen LogP contribution in [0.15, 0.2) is 30.3 Å². The minimum atomic E-state index is -0.939. The summed E-state index contributed by atoms with van der Waals surface area (Å²) in [6.45, 7) is 4.15. The minimum absolute atomic E-state index is 0.439. The van der Waals surface area contributed by atoms with Crippen LogP contribution in [0.25, 0.3) is 0 Å². The van der Waals surface area contributed by atoms with Crippen LogP contribution in [0.2, 0.25) is 0 Å². The number of carbonyl (C=O) groups is 1. The molecule has 18 heavy (non-hydrogen) atoms. The Hall–Kier alpha value is -1.39. The van der Waals surface area contributed by atoms with Crippen molar-refractivity contribution >= 4 is 5.91 Å². The van der Waals surface area contributed by atoms with Gasteiger partial charge in [0.05, 0.1) is 0 Å². The lowest BCUT2D eigenvalue weighted by molar-refractivity contribution is -0.123. The second-order valence-corrected chi connectivity index (χ2v) is 5.41. The maximum absolute atomic E-state index is 11.2. The fourth-order valence-electron chi connectivity index (χ4n) is 2.52. The van der Waals surface area contributed by atoms with Crippen molar-refractivity contribution in [1.29, 1.82) is 0 Å². The van der Waals surface area contributed by atoms with Gasteiger partial charge in [0.25, 0.3) is 0 Å². The summed E-state index contributed by atoms with van der Waals surface area (Å²) in [7, 11) is 0. The smallest absolute Gasteiger partial charge is 0.238 e. The Balaban J connectivity index is 1.95. The molecule has 2 rings (SSSR count). The number of hydrogen-bond acceptors (Lipinski definition) is 3. The number of nitrogens with two attached hydrogens (primary N) is 2. The molecule has 1 aromatic rings. The molecule has 0 saturated carbocycles. The van der Waals surface area contributed by atoms with Gasteiger partial charge < -0.3 is 16.4 Å². The zero-order chi connectivity index (χ0) is 13.2. The van der Waals surface area contributed by atoms with Gasteiger partial charge >= 0.3 is 0 Å². The highest BCUT2D eigenvalue weighted by molar-refractivity contribution is 5.84. The molecule has 0 aliphatic carbocycles. The van der Waals surface area contributed by atoms with Crippen molar-refractivity contribution in [2.75, 3.05) is 19.6 Å². The molecule has 1 aliphatic rings. The number of amides is 1. The van der Waals surface area contributed by atoms with E-state index in [1.807, 2.05) is 6.07 Å². The topological polar surface area (TPSA) is 72.3 Å². The Labute approximate surface area is 108 Å². The molecule has 2 atom stereocenters. The Morgan fingerprint density at radius 3 is 2.72 bits per heavy atom. The molecule has 4 heteroatoms. The van der Waals surface area contributed by atoms with Gasteiger partial charge in [-0.15, -0.1) is 0 Å². The second-order valence-electron chi connectivity index (χ2n) is 5.41. The molecule has 0 aromatic heterocycles. The summed E-state index contributed by atoms with van der Waals surface area (Å²) in [5.41, 5.74) is 11.6. The first kappa shape index (κ1) is 13.1. The lowest BCUT2D eigenvalue weighted by Gasteiger charge is -2.27. The van der Waals surface area contributed by atoms with Gasteiger partial charge in [-0.3, -0.25) is 4.79 Å². The third-order valence-corrected chi connectivity index (χ3v) is 3.66. The normalized spacial score (nSPS) is 23.8. The summed E-state index contributed by atoms with van der Waals surface area (Å²) in [6.07, 6.45) is 1.11. The summed E-state index contributed by atoms with van der Waals surface area (Å²) in [5.74, 6) is 0.0977. The maximum Gasteiger partial charge on any atom is 0.238 e. The van der Waals surface area contributed by atoms with Gasteiger partial charge in [0.1, 0.15) is 5.54 Å². The third kappa shape index (κ3) is 2.89. The Kier molecular flexibility index (Phi) is 3.68. The van der Waals surface area contributed by atoms with E-state index in [1.54, 1.807) is 6.92 Å². The number of primary amides is 1. The first-order valence-corrected chi connectivity index (χ1v) is 6.35. The maximum atomic E-state index is 11.2. The second kappa shape index (κ2) is 5.08. The Bertz CT molecular complexity index is 416. The molecule has 0 radical (unpaired) electrons. The molecular weight excluding hydrogens is 226 g/mol. The van der Waals surface area contributed by atoms with Crippen molar-refractivity contribution in [3.05, 3.63) is 35.9 Å². The average Bonchev–Trinajstić information content (AvgIpc) is 2.78. The van der Waals surface area contributed by atoms with E-state index < -0.39 is 11.4 Å². The minimum Gasteiger partial charge on any atom is -0.368 e. The lowest BCUT2D eigenvalue weighted by atomic mass is 9.98. The van der Waals surface area contributed by atoms with E-state index in [1.165, 1.54) is 5.56 Å². The first-order chi connectivity index (χ1) is 8.49. The number of nitrogens with zero attached hydrogens (tertiary/aromatic N) is 1. The molecule has 4 nitrogen and oxygen atoms in total. The molecule has 4 N–H and O–H groups in total. The van der Waals surface area contributed by atoms with Crippen LogP contribution in [0.5, 0.6) is 0 Å². The largest absolute Gasteiger partial charge is 0.368 e. The number of carbonyl (C=O) groups excluding carboxylic acids is 1. The van der Waals surface area contributed by atoms with Crippen molar-refractivity contribution in [3.8, 4) is 0 Å². The van der Waals surface area contributed by atoms with Crippen molar-refractivity contribution < 1.29 is 4.79 Å². The summed E-state index contributed by atoms with van der Waals surface area (Å²) >= 11 is 0. The highest BCUT2D eigenvalue weighted by atomic mass is 16.1. The molecule has 1 aromatic carbocycles. The molecule has 0 bridgehead atoms. The quantitative estimate of drug-likeness (QED) is 0.821. The molecular formula is C14H21N3O. The molecule has 1 fully saturated rings. The average molecular weight is 247 g/mol. The van der Waals surface area contributed by atoms with Crippen LogP contribution in [0, 0.1) is 0 Å². The molecule has 98 valence electrons. The van der Waals surface area contributed by atoms with Gasteiger partial charge in [-0.2, -0.15) is 0 Å². The van der Waals surface area contributed by atoms with E-state index in [-0.39, 0.29) is 0 Å². The van der Waals surface area contributed by atoms with Gasteiger partial charge in [-0.05, 0) is 31.4 Å². The van der Waals surface area contributed by atoms with Crippen LogP contribution < -0.4 is 11.5 Å². The summed E-state index contributed by atoms with van der Waals surface area (Å²) in [4.78, 5) is 13.5. The zero-order valence-corrected chi connectivity index (χ0v) is 10.8. The number of likely N-dealkylation sites (tertiary alicyclic amines) is 1.